The maximum absolute atomic E-state index is 10.8. The van der Waals surface area contributed by atoms with E-state index in [0.29, 0.717) is 5.75 Å². The highest BCUT2D eigenvalue weighted by Crippen LogP contribution is 2.17. The predicted molar refractivity (Wildman–Crippen MR) is 52.9 cm³/mol. The molecule has 0 rings (SSSR count). The molecule has 1 N–H and O–H groups in total. The average Bonchev–Trinajstić information content (AvgIpc) is 1.83. The monoisotopic (exact) mass is 191 g/mol. The van der Waals surface area contributed by atoms with E-state index in [1.165, 1.54) is 4.90 Å². The molecule has 4 heteroatoms. The number of carboxylic acid groups (broad SMARTS) is 1. The van der Waals surface area contributed by atoms with Gasteiger partial charge in [0.05, 0.1) is 0 Å². The third-order valence-electron chi connectivity index (χ3n) is 1.63. The number of nitrogens with zero attached hydrogens (tertiary/aromatic N) is 1. The van der Waals surface area contributed by atoms with E-state index in [1.54, 1.807) is 0 Å². The summed E-state index contributed by atoms with van der Waals surface area (Å²) < 4.78 is 0. The molecule has 0 aromatic rings. The highest BCUT2D eigenvalue weighted by molar-refractivity contribution is 7.80. The fourth-order valence-corrected chi connectivity index (χ4v) is 1.38. The highest BCUT2D eigenvalue weighted by atomic mass is 32.1. The molecule has 0 bridgehead atoms. The van der Waals surface area contributed by atoms with Crippen molar-refractivity contribution in [2.75, 3.05) is 5.75 Å². The molecule has 72 valence electrons. The summed E-state index contributed by atoms with van der Waals surface area (Å²) in [6.07, 6.45) is -0.885. The molecule has 3 nitrogen and oxygen atoms in total. The van der Waals surface area contributed by atoms with Crippen molar-refractivity contribution < 1.29 is 9.90 Å². The fourth-order valence-electron chi connectivity index (χ4n) is 1.22. The molecular formula is C8H17NO2S. The lowest BCUT2D eigenvalue weighted by molar-refractivity contribution is 0.0820. The Balaban J connectivity index is 4.56. The van der Waals surface area contributed by atoms with Gasteiger partial charge >= 0.3 is 6.09 Å². The third-order valence-corrected chi connectivity index (χ3v) is 2.16. The third kappa shape index (κ3) is 2.93. The number of hydrogen-bond donors (Lipinski definition) is 2. The topological polar surface area (TPSA) is 40.5 Å². The molecular weight excluding hydrogens is 174 g/mol. The predicted octanol–water partition coefficient (Wildman–Crippen LogP) is 2.08. The van der Waals surface area contributed by atoms with Crippen molar-refractivity contribution in [1.29, 1.82) is 0 Å². The first-order valence-corrected chi connectivity index (χ1v) is 4.57. The van der Waals surface area contributed by atoms with Crippen LogP contribution in [0.4, 0.5) is 4.79 Å². The second kappa shape index (κ2) is 4.03. The van der Waals surface area contributed by atoms with Crippen molar-refractivity contribution in [3.05, 3.63) is 0 Å². The molecule has 0 aliphatic heterocycles. The Bertz CT molecular complexity index is 165. The summed E-state index contributed by atoms with van der Waals surface area (Å²) in [6, 6.07) is -0.0502. The van der Waals surface area contributed by atoms with Gasteiger partial charge in [0.25, 0.3) is 0 Å². The Kier molecular flexibility index (Phi) is 3.90. The molecule has 1 amide bonds. The first kappa shape index (κ1) is 11.6. The van der Waals surface area contributed by atoms with Crippen LogP contribution in [0.25, 0.3) is 0 Å². The van der Waals surface area contributed by atoms with Gasteiger partial charge in [-0.3, -0.25) is 0 Å². The minimum absolute atomic E-state index is 0.0502. The molecule has 0 aliphatic rings. The maximum Gasteiger partial charge on any atom is 0.407 e. The summed E-state index contributed by atoms with van der Waals surface area (Å²) in [6.45, 7) is 7.48. The van der Waals surface area contributed by atoms with Crippen molar-refractivity contribution in [2.45, 2.75) is 39.3 Å². The van der Waals surface area contributed by atoms with Crippen molar-refractivity contribution in [1.82, 2.24) is 4.90 Å². The molecule has 0 saturated heterocycles. The van der Waals surface area contributed by atoms with E-state index in [0.717, 1.165) is 0 Å². The van der Waals surface area contributed by atoms with Crippen molar-refractivity contribution in [3.63, 3.8) is 0 Å². The van der Waals surface area contributed by atoms with Crippen LogP contribution in [0.3, 0.4) is 0 Å². The van der Waals surface area contributed by atoms with E-state index in [4.69, 9.17) is 5.11 Å². The summed E-state index contributed by atoms with van der Waals surface area (Å²) in [5.41, 5.74) is -0.353. The van der Waals surface area contributed by atoms with Crippen molar-refractivity contribution >= 4 is 18.7 Å². The second-order valence-electron chi connectivity index (χ2n) is 3.85. The van der Waals surface area contributed by atoms with E-state index < -0.39 is 6.09 Å². The number of carbonyl (C=O) groups is 1. The van der Waals surface area contributed by atoms with Crippen LogP contribution in [-0.4, -0.2) is 33.4 Å². The largest absolute Gasteiger partial charge is 0.465 e. The SMILES string of the molecule is CC(CS)N(C(=O)O)C(C)(C)C. The second-order valence-corrected chi connectivity index (χ2v) is 4.22. The van der Waals surface area contributed by atoms with Gasteiger partial charge in [-0.25, -0.2) is 4.79 Å². The summed E-state index contributed by atoms with van der Waals surface area (Å²) in [5.74, 6) is 0.545. The lowest BCUT2D eigenvalue weighted by Gasteiger charge is -2.37. The standard InChI is InChI=1S/C8H17NO2S/c1-6(5-12)9(7(10)11)8(2,3)4/h6,12H,5H2,1-4H3,(H,10,11). The molecule has 1 unspecified atom stereocenters. The molecule has 0 heterocycles. The van der Waals surface area contributed by atoms with Gasteiger partial charge in [-0.05, 0) is 27.7 Å². The van der Waals surface area contributed by atoms with Gasteiger partial charge in [0.1, 0.15) is 0 Å². The van der Waals surface area contributed by atoms with E-state index >= 15 is 0 Å². The normalized spacial score (nSPS) is 14.1. The summed E-state index contributed by atoms with van der Waals surface area (Å²) in [4.78, 5) is 12.3. The van der Waals surface area contributed by atoms with Gasteiger partial charge in [0.2, 0.25) is 0 Å². The first-order valence-electron chi connectivity index (χ1n) is 3.93. The average molecular weight is 191 g/mol. The van der Waals surface area contributed by atoms with Crippen LogP contribution in [0.2, 0.25) is 0 Å². The van der Waals surface area contributed by atoms with Gasteiger partial charge in [0.15, 0.2) is 0 Å². The molecule has 0 radical (unpaired) electrons. The minimum Gasteiger partial charge on any atom is -0.465 e. The number of thiol groups is 1. The van der Waals surface area contributed by atoms with Crippen LogP contribution in [0, 0.1) is 0 Å². The van der Waals surface area contributed by atoms with Gasteiger partial charge in [-0.2, -0.15) is 12.6 Å². The smallest absolute Gasteiger partial charge is 0.407 e. The zero-order valence-corrected chi connectivity index (χ0v) is 8.93. The van der Waals surface area contributed by atoms with Crippen LogP contribution in [0.5, 0.6) is 0 Å². The highest BCUT2D eigenvalue weighted by Gasteiger charge is 2.29. The summed E-state index contributed by atoms with van der Waals surface area (Å²) in [5, 5.41) is 8.90. The molecule has 1 atom stereocenters. The summed E-state index contributed by atoms with van der Waals surface area (Å²) in [7, 11) is 0. The Hall–Kier alpha value is -0.380. The van der Waals surface area contributed by atoms with Crippen molar-refractivity contribution in [2.24, 2.45) is 0 Å². The Labute approximate surface area is 79.2 Å². The van der Waals surface area contributed by atoms with Crippen LogP contribution in [-0.2, 0) is 0 Å². The van der Waals surface area contributed by atoms with Gasteiger partial charge in [-0.1, -0.05) is 0 Å². The number of hydrogen-bond acceptors (Lipinski definition) is 2. The number of amides is 1. The van der Waals surface area contributed by atoms with Crippen LogP contribution in [0.15, 0.2) is 0 Å². The molecule has 0 fully saturated rings. The Morgan fingerprint density at radius 3 is 2.08 bits per heavy atom. The Morgan fingerprint density at radius 1 is 1.58 bits per heavy atom. The molecule has 0 saturated carbocycles. The molecule has 0 aromatic carbocycles. The lowest BCUT2D eigenvalue weighted by atomic mass is 10.0. The van der Waals surface area contributed by atoms with E-state index in [1.807, 2.05) is 27.7 Å². The Morgan fingerprint density at radius 2 is 2.00 bits per heavy atom. The van der Waals surface area contributed by atoms with Crippen LogP contribution < -0.4 is 0 Å². The zero-order valence-electron chi connectivity index (χ0n) is 8.03. The molecule has 0 aromatic heterocycles. The minimum atomic E-state index is -0.885. The van der Waals surface area contributed by atoms with E-state index in [-0.39, 0.29) is 11.6 Å². The van der Waals surface area contributed by atoms with Crippen molar-refractivity contribution in [3.8, 4) is 0 Å². The van der Waals surface area contributed by atoms with Gasteiger partial charge in [-0.15, -0.1) is 0 Å². The number of rotatable bonds is 2. The molecule has 0 aliphatic carbocycles. The molecule has 12 heavy (non-hydrogen) atoms. The van der Waals surface area contributed by atoms with Gasteiger partial charge in [0, 0.05) is 17.3 Å². The van der Waals surface area contributed by atoms with Crippen LogP contribution >= 0.6 is 12.6 Å². The first-order chi connectivity index (χ1) is 5.30. The quantitative estimate of drug-likeness (QED) is 0.656. The maximum atomic E-state index is 10.8. The lowest BCUT2D eigenvalue weighted by Crippen LogP contribution is -2.50. The zero-order chi connectivity index (χ0) is 9.94. The van der Waals surface area contributed by atoms with Crippen LogP contribution in [0.1, 0.15) is 27.7 Å². The fraction of sp³-hybridized carbons (Fsp3) is 0.875. The molecule has 0 spiro atoms. The summed E-state index contributed by atoms with van der Waals surface area (Å²) >= 11 is 4.08. The van der Waals surface area contributed by atoms with Gasteiger partial charge < -0.3 is 10.0 Å². The van der Waals surface area contributed by atoms with E-state index in [2.05, 4.69) is 12.6 Å². The van der Waals surface area contributed by atoms with E-state index in [9.17, 15) is 4.79 Å².